The monoisotopic (exact) mass is 219 g/mol. The number of aromatic nitrogens is 2. The highest BCUT2D eigenvalue weighted by molar-refractivity contribution is 8.00. The molecule has 74 valence electrons. The van der Waals surface area contributed by atoms with Crippen molar-refractivity contribution in [2.45, 2.75) is 17.3 Å². The third kappa shape index (κ3) is 3.60. The molecule has 0 aliphatic heterocycles. The van der Waals surface area contributed by atoms with Crippen molar-refractivity contribution in [3.8, 4) is 0 Å². The van der Waals surface area contributed by atoms with E-state index in [1.54, 1.807) is 11.8 Å². The number of thioether (sulfide) groups is 1. The molecular formula is C7H13N3OS2. The van der Waals surface area contributed by atoms with E-state index in [4.69, 9.17) is 5.11 Å². The Morgan fingerprint density at radius 1 is 1.69 bits per heavy atom. The van der Waals surface area contributed by atoms with Gasteiger partial charge in [-0.15, -0.1) is 0 Å². The molecule has 0 saturated heterocycles. The lowest BCUT2D eigenvalue weighted by Crippen LogP contribution is -2.31. The van der Waals surface area contributed by atoms with Crippen LogP contribution >= 0.6 is 23.3 Å². The van der Waals surface area contributed by atoms with Gasteiger partial charge in [-0.05, 0) is 25.5 Å². The van der Waals surface area contributed by atoms with E-state index in [2.05, 4.69) is 14.7 Å². The van der Waals surface area contributed by atoms with Gasteiger partial charge in [-0.3, -0.25) is 0 Å². The Balaban J connectivity index is 2.33. The number of nitrogens with one attached hydrogen (secondary N) is 1. The van der Waals surface area contributed by atoms with E-state index in [-0.39, 0.29) is 12.6 Å². The lowest BCUT2D eigenvalue weighted by molar-refractivity contribution is 0.260. The molecule has 0 aliphatic rings. The van der Waals surface area contributed by atoms with Crippen molar-refractivity contribution in [1.82, 2.24) is 14.7 Å². The lowest BCUT2D eigenvalue weighted by atomic mass is 10.4. The topological polar surface area (TPSA) is 58.0 Å². The summed E-state index contributed by atoms with van der Waals surface area (Å²) in [5, 5.41) is 11.9. The van der Waals surface area contributed by atoms with Crippen LogP contribution in [0, 0.1) is 6.92 Å². The first-order chi connectivity index (χ1) is 6.26. The molecule has 0 spiro atoms. The van der Waals surface area contributed by atoms with Crippen LogP contribution in [0.3, 0.4) is 0 Å². The van der Waals surface area contributed by atoms with Gasteiger partial charge in [0.1, 0.15) is 5.82 Å². The third-order valence-electron chi connectivity index (χ3n) is 1.55. The molecule has 1 unspecified atom stereocenters. The molecule has 1 heterocycles. The van der Waals surface area contributed by atoms with Crippen LogP contribution in [0.15, 0.2) is 4.34 Å². The summed E-state index contributed by atoms with van der Waals surface area (Å²) in [6, 6.07) is 0.134. The molecule has 0 aromatic carbocycles. The minimum Gasteiger partial charge on any atom is -0.395 e. The van der Waals surface area contributed by atoms with E-state index in [1.807, 2.05) is 14.0 Å². The molecule has 1 atom stereocenters. The van der Waals surface area contributed by atoms with Crippen molar-refractivity contribution < 1.29 is 5.11 Å². The van der Waals surface area contributed by atoms with Crippen molar-refractivity contribution >= 4 is 23.3 Å². The molecule has 0 saturated carbocycles. The highest BCUT2D eigenvalue weighted by Crippen LogP contribution is 2.20. The van der Waals surface area contributed by atoms with Crippen LogP contribution < -0.4 is 5.32 Å². The number of hydrogen-bond acceptors (Lipinski definition) is 6. The molecule has 6 heteroatoms. The van der Waals surface area contributed by atoms with E-state index in [9.17, 15) is 0 Å². The van der Waals surface area contributed by atoms with Crippen LogP contribution in [0.1, 0.15) is 5.82 Å². The third-order valence-corrected chi connectivity index (χ3v) is 3.63. The van der Waals surface area contributed by atoms with Gasteiger partial charge >= 0.3 is 0 Å². The van der Waals surface area contributed by atoms with Gasteiger partial charge < -0.3 is 10.4 Å². The smallest absolute Gasteiger partial charge is 0.170 e. The molecule has 1 rings (SSSR count). The fraction of sp³-hybridized carbons (Fsp3) is 0.714. The molecule has 0 amide bonds. The summed E-state index contributed by atoms with van der Waals surface area (Å²) in [7, 11) is 1.84. The maximum Gasteiger partial charge on any atom is 0.170 e. The largest absolute Gasteiger partial charge is 0.395 e. The van der Waals surface area contributed by atoms with Crippen LogP contribution in [0.2, 0.25) is 0 Å². The van der Waals surface area contributed by atoms with Gasteiger partial charge in [-0.2, -0.15) is 4.37 Å². The maximum absolute atomic E-state index is 8.90. The first-order valence-corrected chi connectivity index (χ1v) is 5.73. The number of hydrogen-bond donors (Lipinski definition) is 2. The van der Waals surface area contributed by atoms with E-state index >= 15 is 0 Å². The van der Waals surface area contributed by atoms with E-state index < -0.39 is 0 Å². The van der Waals surface area contributed by atoms with Crippen molar-refractivity contribution in [3.63, 3.8) is 0 Å². The van der Waals surface area contributed by atoms with Gasteiger partial charge in [0.2, 0.25) is 0 Å². The second-order valence-electron chi connectivity index (χ2n) is 2.59. The molecule has 0 radical (unpaired) electrons. The Kier molecular flexibility index (Phi) is 4.65. The van der Waals surface area contributed by atoms with E-state index in [0.717, 1.165) is 15.9 Å². The Morgan fingerprint density at radius 3 is 2.92 bits per heavy atom. The van der Waals surface area contributed by atoms with Crippen molar-refractivity contribution in [2.24, 2.45) is 0 Å². The minimum atomic E-state index is 0.134. The second kappa shape index (κ2) is 5.54. The number of nitrogens with zero attached hydrogens (tertiary/aromatic N) is 2. The van der Waals surface area contributed by atoms with E-state index in [1.165, 1.54) is 11.5 Å². The first kappa shape index (κ1) is 10.9. The normalized spacial score (nSPS) is 13.2. The van der Waals surface area contributed by atoms with E-state index in [0.29, 0.717) is 0 Å². The standard InChI is InChI=1S/C7H13N3OS2/c1-5-9-7(13-10-5)12-4-6(3-11)8-2/h6,8,11H,3-4H2,1-2H3. The Hall–Kier alpha value is -0.170. The van der Waals surface area contributed by atoms with Gasteiger partial charge in [-0.25, -0.2) is 4.98 Å². The molecule has 0 aliphatic carbocycles. The van der Waals surface area contributed by atoms with Crippen molar-refractivity contribution in [1.29, 1.82) is 0 Å². The summed E-state index contributed by atoms with van der Waals surface area (Å²) in [6.45, 7) is 2.03. The average molecular weight is 219 g/mol. The molecule has 0 bridgehead atoms. The predicted molar refractivity (Wildman–Crippen MR) is 55.3 cm³/mol. The predicted octanol–water partition coefficient (Wildman–Crippen LogP) is 0.519. The number of aliphatic hydroxyl groups excluding tert-OH is 1. The SMILES string of the molecule is CNC(CO)CSc1nc(C)ns1. The van der Waals surface area contributed by atoms with Gasteiger partial charge in [-0.1, -0.05) is 11.8 Å². The average Bonchev–Trinajstić information content (AvgIpc) is 2.53. The fourth-order valence-electron chi connectivity index (χ4n) is 0.736. The summed E-state index contributed by atoms with van der Waals surface area (Å²) >= 11 is 3.03. The fourth-order valence-corrected chi connectivity index (χ4v) is 2.50. The van der Waals surface area contributed by atoms with Crippen LogP contribution in [-0.2, 0) is 0 Å². The highest BCUT2D eigenvalue weighted by Gasteiger charge is 2.07. The number of rotatable bonds is 5. The van der Waals surface area contributed by atoms with Crippen molar-refractivity contribution in [2.75, 3.05) is 19.4 Å². The van der Waals surface area contributed by atoms with Crippen LogP contribution in [0.4, 0.5) is 0 Å². The molecule has 2 N–H and O–H groups in total. The highest BCUT2D eigenvalue weighted by atomic mass is 32.2. The molecular weight excluding hydrogens is 206 g/mol. The van der Waals surface area contributed by atoms with Gasteiger partial charge in [0.15, 0.2) is 4.34 Å². The zero-order valence-electron chi connectivity index (χ0n) is 7.65. The minimum absolute atomic E-state index is 0.134. The quantitative estimate of drug-likeness (QED) is 0.707. The number of aryl methyl sites for hydroxylation is 1. The first-order valence-electron chi connectivity index (χ1n) is 3.97. The number of aliphatic hydroxyl groups is 1. The summed E-state index contributed by atoms with van der Waals surface area (Å²) in [5.41, 5.74) is 0. The Morgan fingerprint density at radius 2 is 2.46 bits per heavy atom. The van der Waals surface area contributed by atoms with Crippen LogP contribution in [0.25, 0.3) is 0 Å². The summed E-state index contributed by atoms with van der Waals surface area (Å²) < 4.78 is 5.04. The van der Waals surface area contributed by atoms with Gasteiger partial charge in [0, 0.05) is 11.8 Å². The molecule has 4 nitrogen and oxygen atoms in total. The lowest BCUT2D eigenvalue weighted by Gasteiger charge is -2.10. The van der Waals surface area contributed by atoms with Gasteiger partial charge in [0.25, 0.3) is 0 Å². The van der Waals surface area contributed by atoms with Crippen molar-refractivity contribution in [3.05, 3.63) is 5.82 Å². The zero-order chi connectivity index (χ0) is 9.68. The van der Waals surface area contributed by atoms with Crippen LogP contribution in [0.5, 0.6) is 0 Å². The zero-order valence-corrected chi connectivity index (χ0v) is 9.28. The summed E-state index contributed by atoms with van der Waals surface area (Å²) in [4.78, 5) is 4.21. The molecule has 13 heavy (non-hydrogen) atoms. The summed E-state index contributed by atoms with van der Waals surface area (Å²) in [5.74, 6) is 1.64. The van der Waals surface area contributed by atoms with Gasteiger partial charge in [0.05, 0.1) is 6.61 Å². The Bertz CT molecular complexity index is 250. The molecule has 1 aromatic heterocycles. The number of likely N-dealkylation sites (N-methyl/N-ethyl adjacent to an activating group) is 1. The summed E-state index contributed by atoms with van der Waals surface area (Å²) in [6.07, 6.45) is 0. The second-order valence-corrected chi connectivity index (χ2v) is 4.61. The molecule has 1 aromatic rings. The van der Waals surface area contributed by atoms with Crippen LogP contribution in [-0.4, -0.2) is 39.9 Å². The molecule has 0 fully saturated rings. The maximum atomic E-state index is 8.90. The Labute approximate surface area is 85.9 Å².